The second kappa shape index (κ2) is 3.13. The fraction of sp³-hybridized carbons (Fsp3) is 1.00. The van der Waals surface area contributed by atoms with Crippen molar-refractivity contribution in [2.24, 2.45) is 0 Å². The van der Waals surface area contributed by atoms with Crippen molar-refractivity contribution in [3.63, 3.8) is 0 Å². The fourth-order valence-electron chi connectivity index (χ4n) is 0.839. The molecule has 11 heavy (non-hydrogen) atoms. The highest BCUT2D eigenvalue weighted by Crippen LogP contribution is 2.24. The molecular weight excluding hydrogens is 160 g/mol. The van der Waals surface area contributed by atoms with Gasteiger partial charge in [0.2, 0.25) is 0 Å². The molecule has 3 heteroatoms. The summed E-state index contributed by atoms with van der Waals surface area (Å²) in [6.07, 6.45) is 0.674. The molecule has 0 spiro atoms. The first kappa shape index (κ1) is 11.0. The van der Waals surface area contributed by atoms with Crippen molar-refractivity contribution in [3.8, 4) is 0 Å². The van der Waals surface area contributed by atoms with Crippen molar-refractivity contribution < 1.29 is 8.42 Å². The van der Waals surface area contributed by atoms with Gasteiger partial charge in [-0.25, -0.2) is 8.42 Å². The molecule has 0 aliphatic heterocycles. The zero-order valence-electron chi connectivity index (χ0n) is 8.01. The van der Waals surface area contributed by atoms with E-state index in [1.165, 1.54) is 0 Å². The molecule has 0 aliphatic carbocycles. The van der Waals surface area contributed by atoms with Gasteiger partial charge in [-0.05, 0) is 34.1 Å². The summed E-state index contributed by atoms with van der Waals surface area (Å²) in [5.41, 5.74) is 0. The summed E-state index contributed by atoms with van der Waals surface area (Å²) in [6.45, 7) is 8.92. The average Bonchev–Trinajstić information content (AvgIpc) is 1.87. The molecule has 0 atom stereocenters. The first-order chi connectivity index (χ1) is 4.75. The van der Waals surface area contributed by atoms with E-state index in [0.29, 0.717) is 6.42 Å². The summed E-state index contributed by atoms with van der Waals surface area (Å²) < 4.78 is 22.6. The van der Waals surface area contributed by atoms with E-state index in [2.05, 4.69) is 0 Å². The van der Waals surface area contributed by atoms with Crippen LogP contribution in [0.3, 0.4) is 0 Å². The van der Waals surface area contributed by atoms with Crippen LogP contribution in [0.5, 0.6) is 0 Å². The van der Waals surface area contributed by atoms with Gasteiger partial charge in [-0.2, -0.15) is 0 Å². The summed E-state index contributed by atoms with van der Waals surface area (Å²) >= 11 is 0. The Bertz CT molecular complexity index is 212. The van der Waals surface area contributed by atoms with Crippen LogP contribution in [-0.4, -0.2) is 18.4 Å². The molecule has 0 aromatic rings. The standard InChI is InChI=1S/C8H18O2S/c1-6-8(4,5)11(9,10)7(2)3/h7H,6H2,1-5H3. The van der Waals surface area contributed by atoms with Crippen molar-refractivity contribution in [3.05, 3.63) is 0 Å². The first-order valence-corrected chi connectivity index (χ1v) is 5.53. The van der Waals surface area contributed by atoms with Crippen molar-refractivity contribution in [1.82, 2.24) is 0 Å². The van der Waals surface area contributed by atoms with E-state index < -0.39 is 14.6 Å². The van der Waals surface area contributed by atoms with Crippen LogP contribution in [0.4, 0.5) is 0 Å². The van der Waals surface area contributed by atoms with E-state index in [1.807, 2.05) is 6.92 Å². The molecule has 0 saturated carbocycles. The molecule has 0 heterocycles. The van der Waals surface area contributed by atoms with Crippen LogP contribution in [0, 0.1) is 0 Å². The van der Waals surface area contributed by atoms with Gasteiger partial charge in [0.1, 0.15) is 0 Å². The maximum atomic E-state index is 11.6. The maximum absolute atomic E-state index is 11.6. The van der Waals surface area contributed by atoms with Gasteiger partial charge in [-0.3, -0.25) is 0 Å². The lowest BCUT2D eigenvalue weighted by Gasteiger charge is -2.25. The molecule has 0 N–H and O–H groups in total. The highest BCUT2D eigenvalue weighted by Gasteiger charge is 2.34. The molecule has 68 valence electrons. The van der Waals surface area contributed by atoms with Crippen LogP contribution < -0.4 is 0 Å². The number of sulfone groups is 1. The lowest BCUT2D eigenvalue weighted by Crippen LogP contribution is -2.36. The molecule has 0 rings (SSSR count). The normalized spacial score (nSPS) is 14.0. The minimum absolute atomic E-state index is 0.266. The van der Waals surface area contributed by atoms with Gasteiger partial charge in [0.05, 0.1) is 10.00 Å². The van der Waals surface area contributed by atoms with Crippen LogP contribution in [-0.2, 0) is 9.84 Å². The topological polar surface area (TPSA) is 34.1 Å². The van der Waals surface area contributed by atoms with Crippen LogP contribution in [0.15, 0.2) is 0 Å². The summed E-state index contributed by atoms with van der Waals surface area (Å²) in [7, 11) is -2.93. The summed E-state index contributed by atoms with van der Waals surface area (Å²) in [6, 6.07) is 0. The van der Waals surface area contributed by atoms with Gasteiger partial charge in [0, 0.05) is 0 Å². The van der Waals surface area contributed by atoms with Crippen LogP contribution in [0.2, 0.25) is 0 Å². The van der Waals surface area contributed by atoms with Gasteiger partial charge in [0.15, 0.2) is 9.84 Å². The lowest BCUT2D eigenvalue weighted by atomic mass is 10.1. The minimum atomic E-state index is -2.93. The molecule has 0 amide bonds. The van der Waals surface area contributed by atoms with E-state index in [9.17, 15) is 8.42 Å². The summed E-state index contributed by atoms with van der Waals surface area (Å²) in [4.78, 5) is 0. The van der Waals surface area contributed by atoms with Crippen LogP contribution in [0.25, 0.3) is 0 Å². The van der Waals surface area contributed by atoms with Crippen molar-refractivity contribution in [2.75, 3.05) is 0 Å². The predicted molar refractivity (Wildman–Crippen MR) is 48.4 cm³/mol. The molecule has 0 aromatic carbocycles. The Morgan fingerprint density at radius 1 is 1.27 bits per heavy atom. The van der Waals surface area contributed by atoms with Gasteiger partial charge in [0.25, 0.3) is 0 Å². The first-order valence-electron chi connectivity index (χ1n) is 3.99. The quantitative estimate of drug-likeness (QED) is 0.662. The Morgan fingerprint density at radius 3 is 1.73 bits per heavy atom. The Balaban J connectivity index is 4.85. The van der Waals surface area contributed by atoms with Gasteiger partial charge >= 0.3 is 0 Å². The lowest BCUT2D eigenvalue weighted by molar-refractivity contribution is 0.530. The van der Waals surface area contributed by atoms with E-state index in [0.717, 1.165) is 0 Å². The largest absolute Gasteiger partial charge is 0.228 e. The fourth-order valence-corrected chi connectivity index (χ4v) is 2.52. The van der Waals surface area contributed by atoms with Crippen molar-refractivity contribution >= 4 is 9.84 Å². The molecule has 0 aromatic heterocycles. The number of rotatable bonds is 3. The highest BCUT2D eigenvalue weighted by molar-refractivity contribution is 7.93. The zero-order chi connectivity index (χ0) is 9.28. The van der Waals surface area contributed by atoms with E-state index in [-0.39, 0.29) is 5.25 Å². The molecule has 0 fully saturated rings. The van der Waals surface area contributed by atoms with Crippen molar-refractivity contribution in [2.45, 2.75) is 51.0 Å². The Labute approximate surface area is 69.9 Å². The summed E-state index contributed by atoms with van der Waals surface area (Å²) in [5.74, 6) is 0. The molecular formula is C8H18O2S. The number of hydrogen-bond donors (Lipinski definition) is 0. The third-order valence-electron chi connectivity index (χ3n) is 2.24. The Morgan fingerprint density at radius 2 is 1.64 bits per heavy atom. The van der Waals surface area contributed by atoms with E-state index in [4.69, 9.17) is 0 Å². The Kier molecular flexibility index (Phi) is 3.12. The van der Waals surface area contributed by atoms with E-state index in [1.54, 1.807) is 27.7 Å². The molecule has 0 aliphatic rings. The molecule has 0 bridgehead atoms. The monoisotopic (exact) mass is 178 g/mol. The third kappa shape index (κ3) is 1.95. The van der Waals surface area contributed by atoms with Crippen molar-refractivity contribution in [1.29, 1.82) is 0 Å². The van der Waals surface area contributed by atoms with Crippen LogP contribution >= 0.6 is 0 Å². The van der Waals surface area contributed by atoms with Crippen LogP contribution in [0.1, 0.15) is 41.0 Å². The average molecular weight is 178 g/mol. The molecule has 0 radical (unpaired) electrons. The van der Waals surface area contributed by atoms with E-state index >= 15 is 0 Å². The maximum Gasteiger partial charge on any atom is 0.157 e. The van der Waals surface area contributed by atoms with Gasteiger partial charge < -0.3 is 0 Å². The molecule has 0 unspecified atom stereocenters. The zero-order valence-corrected chi connectivity index (χ0v) is 8.83. The predicted octanol–water partition coefficient (Wildman–Crippen LogP) is 2.00. The number of hydrogen-bond acceptors (Lipinski definition) is 2. The Hall–Kier alpha value is -0.0500. The SMILES string of the molecule is CCC(C)(C)S(=O)(=O)C(C)C. The minimum Gasteiger partial charge on any atom is -0.228 e. The van der Waals surface area contributed by atoms with Gasteiger partial charge in [-0.15, -0.1) is 0 Å². The second-order valence-corrected chi connectivity index (χ2v) is 6.85. The third-order valence-corrected chi connectivity index (χ3v) is 5.31. The molecule has 0 saturated heterocycles. The molecule has 2 nitrogen and oxygen atoms in total. The summed E-state index contributed by atoms with van der Waals surface area (Å²) in [5, 5.41) is -0.266. The smallest absolute Gasteiger partial charge is 0.157 e. The second-order valence-electron chi connectivity index (χ2n) is 3.71. The van der Waals surface area contributed by atoms with Gasteiger partial charge in [-0.1, -0.05) is 6.92 Å². The highest BCUT2D eigenvalue weighted by atomic mass is 32.2.